The van der Waals surface area contributed by atoms with Gasteiger partial charge in [-0.05, 0) is 35.9 Å². The molecule has 1 aliphatic rings. The third-order valence-electron chi connectivity index (χ3n) is 4.52. The van der Waals surface area contributed by atoms with Gasteiger partial charge in [0.25, 0.3) is 0 Å². The minimum atomic E-state index is -2.36. The first-order valence-corrected chi connectivity index (χ1v) is 10.1. The smallest absolute Gasteiger partial charge is 0.349 e. The Morgan fingerprint density at radius 3 is 2.29 bits per heavy atom. The van der Waals surface area contributed by atoms with Crippen LogP contribution in [0.2, 0.25) is 0 Å². The van der Waals surface area contributed by atoms with Crippen LogP contribution < -0.4 is 14.2 Å². The van der Waals surface area contributed by atoms with Crippen LogP contribution in [0.15, 0.2) is 52.7 Å². The van der Waals surface area contributed by atoms with Crippen molar-refractivity contribution in [3.63, 3.8) is 0 Å². The van der Waals surface area contributed by atoms with Gasteiger partial charge >= 0.3 is 5.97 Å². The van der Waals surface area contributed by atoms with Gasteiger partial charge in [-0.2, -0.15) is 8.78 Å². The Morgan fingerprint density at radius 2 is 1.62 bits per heavy atom. The van der Waals surface area contributed by atoms with Crippen molar-refractivity contribution in [1.82, 2.24) is 0 Å². The van der Waals surface area contributed by atoms with Gasteiger partial charge in [0, 0.05) is 10.5 Å². The van der Waals surface area contributed by atoms with Crippen molar-refractivity contribution >= 4 is 33.8 Å². The number of halogens is 6. The summed E-state index contributed by atoms with van der Waals surface area (Å²) in [4.78, 5) is 24.5. The molecule has 0 atom stereocenters. The number of ketones is 1. The number of carbonyl (C=O) groups is 2. The van der Waals surface area contributed by atoms with Gasteiger partial charge in [0.1, 0.15) is 11.5 Å². The largest absolute Gasteiger partial charge is 0.476 e. The number of Topliss-reactive ketones (excluding diaryl/α,β-unsaturated/α-hetero) is 1. The van der Waals surface area contributed by atoms with Crippen molar-refractivity contribution in [3.8, 4) is 17.2 Å². The van der Waals surface area contributed by atoms with Gasteiger partial charge in [0.05, 0.1) is 5.56 Å². The number of ether oxygens (including phenoxy) is 3. The van der Waals surface area contributed by atoms with E-state index in [0.717, 1.165) is 4.47 Å². The molecule has 0 fully saturated rings. The molecule has 5 nitrogen and oxygen atoms in total. The third-order valence-corrected chi connectivity index (χ3v) is 5.02. The lowest BCUT2D eigenvalue weighted by molar-refractivity contribution is -0.136. The lowest BCUT2D eigenvalue weighted by Crippen LogP contribution is -2.19. The molecule has 0 saturated heterocycles. The van der Waals surface area contributed by atoms with E-state index in [1.54, 1.807) is 18.2 Å². The Balaban J connectivity index is 1.45. The number of hydrogen-bond donors (Lipinski definition) is 0. The van der Waals surface area contributed by atoms with Crippen LogP contribution in [0.4, 0.5) is 22.0 Å². The normalized spacial score (nSPS) is 13.6. The van der Waals surface area contributed by atoms with Gasteiger partial charge in [-0.25, -0.2) is 18.0 Å². The third kappa shape index (κ3) is 4.51. The SMILES string of the molecule is O=C(COc1c(F)c(F)c(F)c(F)c1F)Oc1ccc2c(c1)O/C(=C\c1cccc(Br)c1)C2=O. The van der Waals surface area contributed by atoms with E-state index in [9.17, 15) is 31.5 Å². The van der Waals surface area contributed by atoms with Gasteiger partial charge in [-0.15, -0.1) is 0 Å². The highest BCUT2D eigenvalue weighted by atomic mass is 79.9. The summed E-state index contributed by atoms with van der Waals surface area (Å²) in [7, 11) is 0. The number of rotatable bonds is 5. The number of benzene rings is 3. The zero-order valence-electron chi connectivity index (χ0n) is 16.6. The van der Waals surface area contributed by atoms with Crippen LogP contribution in [-0.2, 0) is 4.79 Å². The summed E-state index contributed by atoms with van der Waals surface area (Å²) < 4.78 is 82.5. The van der Waals surface area contributed by atoms with Crippen molar-refractivity contribution in [2.24, 2.45) is 0 Å². The second-order valence-electron chi connectivity index (χ2n) is 6.81. The number of allylic oxidation sites excluding steroid dienone is 1. The van der Waals surface area contributed by atoms with Gasteiger partial charge < -0.3 is 14.2 Å². The van der Waals surface area contributed by atoms with Gasteiger partial charge in [-0.3, -0.25) is 4.79 Å². The zero-order chi connectivity index (χ0) is 24.6. The highest BCUT2D eigenvalue weighted by Gasteiger charge is 2.29. The molecule has 0 bridgehead atoms. The second kappa shape index (κ2) is 9.26. The lowest BCUT2D eigenvalue weighted by Gasteiger charge is -2.10. The number of fused-ring (bicyclic) bond motifs is 1. The fraction of sp³-hybridized carbons (Fsp3) is 0.0435. The predicted octanol–water partition coefficient (Wildman–Crippen LogP) is 5.75. The number of hydrogen-bond acceptors (Lipinski definition) is 5. The first-order valence-electron chi connectivity index (χ1n) is 9.34. The fourth-order valence-corrected chi connectivity index (χ4v) is 3.40. The van der Waals surface area contributed by atoms with E-state index in [1.807, 2.05) is 6.07 Å². The Labute approximate surface area is 196 Å². The summed E-state index contributed by atoms with van der Waals surface area (Å²) in [5.74, 6) is -14.4. The molecule has 0 aromatic heterocycles. The Bertz CT molecular complexity index is 1340. The summed E-state index contributed by atoms with van der Waals surface area (Å²) in [6.07, 6.45) is 1.52. The average molecular weight is 541 g/mol. The minimum absolute atomic E-state index is 0.0335. The van der Waals surface area contributed by atoms with Crippen LogP contribution in [0.3, 0.4) is 0 Å². The minimum Gasteiger partial charge on any atom is -0.476 e. The van der Waals surface area contributed by atoms with Crippen LogP contribution in [0.5, 0.6) is 17.2 Å². The molecule has 1 aliphatic heterocycles. The summed E-state index contributed by atoms with van der Waals surface area (Å²) in [6.45, 7) is -1.16. The van der Waals surface area contributed by atoms with Gasteiger partial charge in [0.15, 0.2) is 18.1 Å². The average Bonchev–Trinajstić information content (AvgIpc) is 3.10. The molecule has 4 rings (SSSR count). The van der Waals surface area contributed by atoms with E-state index in [1.165, 1.54) is 24.3 Å². The van der Waals surface area contributed by atoms with E-state index in [-0.39, 0.29) is 22.8 Å². The van der Waals surface area contributed by atoms with Crippen LogP contribution in [-0.4, -0.2) is 18.4 Å². The maximum Gasteiger partial charge on any atom is 0.349 e. The molecule has 34 heavy (non-hydrogen) atoms. The standard InChI is InChI=1S/C23H10BrF5O5/c24-11-3-1-2-10(6-11)7-15-22(31)13-5-4-12(8-14(13)34-15)33-16(30)9-32-23-20(28)18(26)17(25)19(27)21(23)29/h1-8H,9H2/b15-7-. The Kier molecular flexibility index (Phi) is 6.38. The van der Waals surface area contributed by atoms with Crippen molar-refractivity contribution in [2.75, 3.05) is 6.61 Å². The molecular formula is C23H10BrF5O5. The van der Waals surface area contributed by atoms with Gasteiger partial charge in [-0.1, -0.05) is 28.1 Å². The molecule has 0 spiro atoms. The summed E-state index contributed by atoms with van der Waals surface area (Å²) in [6, 6.07) is 10.9. The summed E-state index contributed by atoms with van der Waals surface area (Å²) in [5.41, 5.74) is 0.904. The molecule has 174 valence electrons. The van der Waals surface area contributed by atoms with E-state index < -0.39 is 53.2 Å². The van der Waals surface area contributed by atoms with Crippen molar-refractivity contribution in [2.45, 2.75) is 0 Å². The molecule has 0 amide bonds. The van der Waals surface area contributed by atoms with E-state index >= 15 is 0 Å². The van der Waals surface area contributed by atoms with E-state index in [0.29, 0.717) is 5.56 Å². The molecule has 3 aromatic rings. The molecular weight excluding hydrogens is 531 g/mol. The molecule has 1 heterocycles. The number of esters is 1. The first kappa shape index (κ1) is 23.4. The quantitative estimate of drug-likeness (QED) is 0.103. The van der Waals surface area contributed by atoms with E-state index in [4.69, 9.17) is 9.47 Å². The molecule has 0 aliphatic carbocycles. The van der Waals surface area contributed by atoms with Crippen molar-refractivity contribution in [3.05, 3.63) is 92.9 Å². The zero-order valence-corrected chi connectivity index (χ0v) is 18.2. The molecule has 0 unspecified atom stereocenters. The maximum atomic E-state index is 13.6. The lowest BCUT2D eigenvalue weighted by atomic mass is 10.1. The summed E-state index contributed by atoms with van der Waals surface area (Å²) >= 11 is 3.32. The molecule has 3 aromatic carbocycles. The van der Waals surface area contributed by atoms with Crippen LogP contribution >= 0.6 is 15.9 Å². The fourth-order valence-electron chi connectivity index (χ4n) is 2.98. The topological polar surface area (TPSA) is 61.8 Å². The van der Waals surface area contributed by atoms with Crippen molar-refractivity contribution in [1.29, 1.82) is 0 Å². The molecule has 11 heteroatoms. The monoisotopic (exact) mass is 540 g/mol. The Hall–Kier alpha value is -3.73. The highest BCUT2D eigenvalue weighted by molar-refractivity contribution is 9.10. The van der Waals surface area contributed by atoms with Crippen molar-refractivity contribution < 1.29 is 45.8 Å². The van der Waals surface area contributed by atoms with E-state index in [2.05, 4.69) is 20.7 Å². The highest BCUT2D eigenvalue weighted by Crippen LogP contribution is 2.35. The first-order chi connectivity index (χ1) is 16.2. The van der Waals surface area contributed by atoms with Crippen LogP contribution in [0.1, 0.15) is 15.9 Å². The summed E-state index contributed by atoms with van der Waals surface area (Å²) in [5, 5.41) is 0. The molecule has 0 saturated carbocycles. The van der Waals surface area contributed by atoms with Gasteiger partial charge in [0.2, 0.25) is 34.9 Å². The maximum absolute atomic E-state index is 13.6. The molecule has 0 N–H and O–H groups in total. The van der Waals surface area contributed by atoms with Crippen LogP contribution in [0, 0.1) is 29.1 Å². The molecule has 0 radical (unpaired) electrons. The Morgan fingerprint density at radius 1 is 0.941 bits per heavy atom. The second-order valence-corrected chi connectivity index (χ2v) is 7.73. The number of carbonyl (C=O) groups excluding carboxylic acids is 2. The van der Waals surface area contributed by atoms with Crippen LogP contribution in [0.25, 0.3) is 6.08 Å². The predicted molar refractivity (Wildman–Crippen MR) is 111 cm³/mol.